The Kier molecular flexibility index (Phi) is 4.29. The topological polar surface area (TPSA) is 101 Å². The van der Waals surface area contributed by atoms with Gasteiger partial charge in [0.25, 0.3) is 0 Å². The van der Waals surface area contributed by atoms with Crippen molar-refractivity contribution in [1.29, 1.82) is 0 Å². The van der Waals surface area contributed by atoms with Crippen LogP contribution in [0.4, 0.5) is 5.88 Å². The van der Waals surface area contributed by atoms with Crippen molar-refractivity contribution in [3.63, 3.8) is 0 Å². The second-order valence-electron chi connectivity index (χ2n) is 7.47. The molecule has 3 heterocycles. The molecular formula is C22H19N3O5. The van der Waals surface area contributed by atoms with Crippen LogP contribution in [0.1, 0.15) is 41.3 Å². The summed E-state index contributed by atoms with van der Waals surface area (Å²) >= 11 is 0. The van der Waals surface area contributed by atoms with Crippen molar-refractivity contribution in [3.8, 4) is 5.75 Å². The first-order valence-corrected chi connectivity index (χ1v) is 9.63. The molecule has 0 radical (unpaired) electrons. The van der Waals surface area contributed by atoms with Crippen molar-refractivity contribution in [3.05, 3.63) is 93.2 Å². The standard InChI is InChI=1S/C22H19N3O5/c1-13-18-11-15(26)7-9-17(18)20-21(14-5-3-2-4-6-14)23-30-22(20)24(13)12-16-8-10-19(29-16)25(27)28/h2-11,13,20,22,26H,12H2,1H3/t13-,20+,22-/m1/s1. The summed E-state index contributed by atoms with van der Waals surface area (Å²) in [7, 11) is 0. The van der Waals surface area contributed by atoms with Gasteiger partial charge in [-0.25, -0.2) is 0 Å². The fraction of sp³-hybridized carbons (Fsp3) is 0.227. The third-order valence-electron chi connectivity index (χ3n) is 5.75. The van der Waals surface area contributed by atoms with Gasteiger partial charge in [-0.1, -0.05) is 41.6 Å². The van der Waals surface area contributed by atoms with E-state index in [-0.39, 0.29) is 23.6 Å². The molecule has 1 N–H and O–H groups in total. The van der Waals surface area contributed by atoms with Gasteiger partial charge in [-0.15, -0.1) is 0 Å². The Morgan fingerprint density at radius 3 is 2.67 bits per heavy atom. The summed E-state index contributed by atoms with van der Waals surface area (Å²) in [5.74, 6) is 0.194. The van der Waals surface area contributed by atoms with E-state index in [0.717, 1.165) is 22.4 Å². The smallest absolute Gasteiger partial charge is 0.433 e. The molecule has 0 saturated carbocycles. The first-order chi connectivity index (χ1) is 14.5. The van der Waals surface area contributed by atoms with Crippen LogP contribution >= 0.6 is 0 Å². The monoisotopic (exact) mass is 405 g/mol. The number of aromatic hydroxyl groups is 1. The Balaban J connectivity index is 1.56. The van der Waals surface area contributed by atoms with E-state index in [0.29, 0.717) is 12.3 Å². The van der Waals surface area contributed by atoms with Crippen LogP contribution in [0, 0.1) is 10.1 Å². The quantitative estimate of drug-likeness (QED) is 0.513. The van der Waals surface area contributed by atoms with Gasteiger partial charge in [-0.2, -0.15) is 0 Å². The molecule has 2 aromatic carbocycles. The summed E-state index contributed by atoms with van der Waals surface area (Å²) in [5.41, 5.74) is 3.79. The Morgan fingerprint density at radius 1 is 1.13 bits per heavy atom. The Morgan fingerprint density at radius 2 is 1.93 bits per heavy atom. The average Bonchev–Trinajstić information content (AvgIpc) is 3.39. The van der Waals surface area contributed by atoms with Crippen LogP contribution in [-0.2, 0) is 11.4 Å². The molecule has 3 atom stereocenters. The summed E-state index contributed by atoms with van der Waals surface area (Å²) in [6.07, 6.45) is -0.392. The molecule has 152 valence electrons. The zero-order valence-corrected chi connectivity index (χ0v) is 16.1. The Hall–Kier alpha value is -3.65. The van der Waals surface area contributed by atoms with Crippen molar-refractivity contribution in [1.82, 2.24) is 4.90 Å². The maximum absolute atomic E-state index is 11.0. The summed E-state index contributed by atoms with van der Waals surface area (Å²) in [5, 5.41) is 25.5. The van der Waals surface area contributed by atoms with Gasteiger partial charge in [-0.3, -0.25) is 15.0 Å². The predicted octanol–water partition coefficient (Wildman–Crippen LogP) is 4.31. The van der Waals surface area contributed by atoms with Crippen LogP contribution in [0.15, 0.2) is 70.2 Å². The minimum Gasteiger partial charge on any atom is -0.508 e. The molecular weight excluding hydrogens is 386 g/mol. The number of fused-ring (bicyclic) bond motifs is 3. The van der Waals surface area contributed by atoms with Crippen LogP contribution in [0.25, 0.3) is 0 Å². The number of rotatable bonds is 4. The SMILES string of the molecule is C[C@@H]1c2cc(O)ccc2[C@H]2C(c3ccccc3)=NO[C@H]2N1Cc1ccc([N+](=O)[O-])o1. The molecule has 0 unspecified atom stereocenters. The molecule has 5 rings (SSSR count). The number of hydrogen-bond donors (Lipinski definition) is 1. The van der Waals surface area contributed by atoms with E-state index in [9.17, 15) is 15.2 Å². The first kappa shape index (κ1) is 18.4. The van der Waals surface area contributed by atoms with Gasteiger partial charge >= 0.3 is 5.88 Å². The number of phenolic OH excluding ortho intramolecular Hbond substituents is 1. The summed E-state index contributed by atoms with van der Waals surface area (Å²) < 4.78 is 5.38. The highest BCUT2D eigenvalue weighted by Crippen LogP contribution is 2.46. The van der Waals surface area contributed by atoms with E-state index in [1.807, 2.05) is 43.3 Å². The minimum atomic E-state index is -0.554. The van der Waals surface area contributed by atoms with Gasteiger partial charge in [0.1, 0.15) is 16.4 Å². The number of nitro groups is 1. The minimum absolute atomic E-state index is 0.122. The lowest BCUT2D eigenvalue weighted by molar-refractivity contribution is -0.402. The van der Waals surface area contributed by atoms with E-state index in [2.05, 4.69) is 10.1 Å². The lowest BCUT2D eigenvalue weighted by Gasteiger charge is -2.41. The highest BCUT2D eigenvalue weighted by atomic mass is 16.7. The second kappa shape index (κ2) is 7.00. The number of benzene rings is 2. The maximum Gasteiger partial charge on any atom is 0.433 e. The van der Waals surface area contributed by atoms with E-state index < -0.39 is 11.2 Å². The maximum atomic E-state index is 11.0. The third kappa shape index (κ3) is 2.93. The van der Waals surface area contributed by atoms with E-state index in [1.54, 1.807) is 18.2 Å². The van der Waals surface area contributed by atoms with Crippen molar-refractivity contribution >= 4 is 11.6 Å². The first-order valence-electron chi connectivity index (χ1n) is 9.63. The van der Waals surface area contributed by atoms with Crippen LogP contribution < -0.4 is 0 Å². The van der Waals surface area contributed by atoms with Crippen LogP contribution in [-0.4, -0.2) is 26.9 Å². The molecule has 1 aromatic heterocycles. The van der Waals surface area contributed by atoms with Gasteiger partial charge in [0.15, 0.2) is 6.23 Å². The molecule has 0 bridgehead atoms. The lowest BCUT2D eigenvalue weighted by atomic mass is 9.80. The largest absolute Gasteiger partial charge is 0.508 e. The number of furan rings is 1. The third-order valence-corrected chi connectivity index (χ3v) is 5.75. The van der Waals surface area contributed by atoms with Gasteiger partial charge in [0, 0.05) is 11.6 Å². The summed E-state index contributed by atoms with van der Waals surface area (Å²) in [6, 6.07) is 18.0. The molecule has 30 heavy (non-hydrogen) atoms. The number of nitrogens with zero attached hydrogens (tertiary/aromatic N) is 3. The molecule has 0 fully saturated rings. The van der Waals surface area contributed by atoms with Crippen molar-refractivity contribution in [2.24, 2.45) is 5.16 Å². The zero-order chi connectivity index (χ0) is 20.8. The van der Waals surface area contributed by atoms with Gasteiger partial charge < -0.3 is 14.4 Å². The van der Waals surface area contributed by atoms with E-state index in [4.69, 9.17) is 9.25 Å². The molecule has 2 aliphatic rings. The van der Waals surface area contributed by atoms with Crippen LogP contribution in [0.2, 0.25) is 0 Å². The Labute approximate surface area is 172 Å². The van der Waals surface area contributed by atoms with Gasteiger partial charge in [0.05, 0.1) is 24.2 Å². The number of oxime groups is 1. The normalized spacial score (nSPS) is 22.7. The average molecular weight is 405 g/mol. The predicted molar refractivity (Wildman–Crippen MR) is 108 cm³/mol. The van der Waals surface area contributed by atoms with Gasteiger partial charge in [-0.05, 0) is 36.2 Å². The fourth-order valence-corrected chi connectivity index (χ4v) is 4.32. The molecule has 0 amide bonds. The van der Waals surface area contributed by atoms with Crippen LogP contribution in [0.3, 0.4) is 0 Å². The van der Waals surface area contributed by atoms with E-state index in [1.165, 1.54) is 6.07 Å². The van der Waals surface area contributed by atoms with Crippen molar-refractivity contribution in [2.75, 3.05) is 0 Å². The van der Waals surface area contributed by atoms with Crippen molar-refractivity contribution < 1.29 is 19.3 Å². The molecule has 0 saturated heterocycles. The Bertz CT molecular complexity index is 1140. The molecule has 3 aromatic rings. The molecule has 0 spiro atoms. The molecule has 8 nitrogen and oxygen atoms in total. The van der Waals surface area contributed by atoms with Gasteiger partial charge in [0.2, 0.25) is 0 Å². The molecule has 8 heteroatoms. The second-order valence-corrected chi connectivity index (χ2v) is 7.47. The molecule has 2 aliphatic heterocycles. The number of phenols is 1. The highest BCUT2D eigenvalue weighted by molar-refractivity contribution is 6.06. The summed E-state index contributed by atoms with van der Waals surface area (Å²) in [6.45, 7) is 2.32. The summed E-state index contributed by atoms with van der Waals surface area (Å²) in [4.78, 5) is 18.4. The highest BCUT2D eigenvalue weighted by Gasteiger charge is 2.47. The lowest BCUT2D eigenvalue weighted by Crippen LogP contribution is -2.45. The fourth-order valence-electron chi connectivity index (χ4n) is 4.32. The van der Waals surface area contributed by atoms with Crippen LogP contribution in [0.5, 0.6) is 5.75 Å². The zero-order valence-electron chi connectivity index (χ0n) is 16.1. The van der Waals surface area contributed by atoms with E-state index >= 15 is 0 Å². The molecule has 0 aliphatic carbocycles. The number of hydrogen-bond acceptors (Lipinski definition) is 7. The van der Waals surface area contributed by atoms with Crippen molar-refractivity contribution in [2.45, 2.75) is 31.7 Å².